The summed E-state index contributed by atoms with van der Waals surface area (Å²) < 4.78 is 88.3. The Labute approximate surface area is 247 Å². The molecule has 1 N–H and O–H groups in total. The molecular formula is C27H31F4N5O4S2. The second-order valence-electron chi connectivity index (χ2n) is 11.3. The zero-order valence-electron chi connectivity index (χ0n) is 23.1. The van der Waals surface area contributed by atoms with Crippen LogP contribution < -0.4 is 14.4 Å². The Morgan fingerprint density at radius 3 is 2.43 bits per heavy atom. The molecule has 1 aliphatic carbocycles. The number of sulfonamides is 1. The number of pyridine rings is 1. The van der Waals surface area contributed by atoms with Crippen molar-refractivity contribution in [3.05, 3.63) is 60.0 Å². The zero-order valence-corrected chi connectivity index (χ0v) is 24.9. The van der Waals surface area contributed by atoms with Gasteiger partial charge in [-0.05, 0) is 63.3 Å². The van der Waals surface area contributed by atoms with Gasteiger partial charge in [0, 0.05) is 24.3 Å². The van der Waals surface area contributed by atoms with Crippen LogP contribution in [0, 0.1) is 17.2 Å². The lowest BCUT2D eigenvalue weighted by Crippen LogP contribution is -2.41. The molecule has 228 valence electrons. The van der Waals surface area contributed by atoms with E-state index >= 15 is 0 Å². The molecule has 2 aromatic heterocycles. The van der Waals surface area contributed by atoms with E-state index < -0.39 is 50.4 Å². The van der Waals surface area contributed by atoms with Gasteiger partial charge in [-0.1, -0.05) is 19.1 Å². The quantitative estimate of drug-likeness (QED) is 0.350. The Morgan fingerprint density at radius 1 is 1.14 bits per heavy atom. The van der Waals surface area contributed by atoms with Gasteiger partial charge in [0.25, 0.3) is 15.9 Å². The maximum Gasteiger partial charge on any atom is 0.397 e. The molecule has 1 atom stereocenters. The van der Waals surface area contributed by atoms with Crippen molar-refractivity contribution in [2.45, 2.75) is 56.6 Å². The summed E-state index contributed by atoms with van der Waals surface area (Å²) >= 11 is 0. The number of rotatable bonds is 8. The minimum absolute atomic E-state index is 0. The molecule has 5 rings (SSSR count). The number of hydrogen-bond acceptors (Lipinski definition) is 7. The third-order valence-electron chi connectivity index (χ3n) is 7.54. The van der Waals surface area contributed by atoms with Crippen molar-refractivity contribution in [3.63, 3.8) is 0 Å². The molecule has 2 aliphatic rings. The number of alkyl halides is 3. The molecule has 1 amide bonds. The van der Waals surface area contributed by atoms with Crippen molar-refractivity contribution in [2.24, 2.45) is 11.3 Å². The number of ether oxygens (including phenoxy) is 1. The Morgan fingerprint density at radius 2 is 1.83 bits per heavy atom. The molecule has 0 bridgehead atoms. The molecule has 3 aromatic rings. The topological polar surface area (TPSA) is 106 Å². The number of carbonyl (C=O) groups is 1. The van der Waals surface area contributed by atoms with Crippen LogP contribution in [0.1, 0.15) is 50.4 Å². The van der Waals surface area contributed by atoms with Crippen LogP contribution in [0.4, 0.5) is 23.4 Å². The first-order valence-corrected chi connectivity index (χ1v) is 14.5. The number of hydrogen-bond donors (Lipinski definition) is 1. The predicted octanol–water partition coefficient (Wildman–Crippen LogP) is 4.98. The summed E-state index contributed by atoms with van der Waals surface area (Å²) in [6, 6.07) is 8.92. The number of amides is 1. The van der Waals surface area contributed by atoms with Gasteiger partial charge in [0.15, 0.2) is 5.82 Å². The van der Waals surface area contributed by atoms with Crippen LogP contribution in [0.5, 0.6) is 5.88 Å². The summed E-state index contributed by atoms with van der Waals surface area (Å²) in [7, 11) is -4.54. The number of halogens is 4. The standard InChI is InChI=1S/C27H29F4N5O4S.H2S/c1-17-14-25(2,3)35(15-17)23-18(24(37)34-41(38,39)20-7-5-4-6-19(20)28)8-9-21(32-23)36-13-10-22(33-36)40-16-26(11-12-26)27(29,30)31;/h4-10,13,17H,11-12,14-16H2,1-3H3,(H,34,37);1H2/t17-;/m0./s1. The minimum Gasteiger partial charge on any atom is -0.476 e. The molecule has 1 saturated carbocycles. The fraction of sp³-hybridized carbons (Fsp3) is 0.444. The van der Waals surface area contributed by atoms with Gasteiger partial charge < -0.3 is 9.64 Å². The van der Waals surface area contributed by atoms with Gasteiger partial charge in [0.2, 0.25) is 5.88 Å². The normalized spacial score (nSPS) is 19.2. The largest absolute Gasteiger partial charge is 0.476 e. The highest BCUT2D eigenvalue weighted by atomic mass is 32.2. The van der Waals surface area contributed by atoms with E-state index in [1.54, 1.807) is 0 Å². The molecule has 0 spiro atoms. The van der Waals surface area contributed by atoms with Crippen molar-refractivity contribution < 1.29 is 35.5 Å². The van der Waals surface area contributed by atoms with Crippen LogP contribution >= 0.6 is 13.5 Å². The summed E-state index contributed by atoms with van der Waals surface area (Å²) in [5.41, 5.74) is -2.35. The number of nitrogens with one attached hydrogen (secondary N) is 1. The molecule has 9 nitrogen and oxygen atoms in total. The van der Waals surface area contributed by atoms with Gasteiger partial charge in [-0.25, -0.2) is 27.2 Å². The first-order valence-electron chi connectivity index (χ1n) is 13.0. The third kappa shape index (κ3) is 6.07. The highest BCUT2D eigenvalue weighted by molar-refractivity contribution is 7.90. The van der Waals surface area contributed by atoms with Gasteiger partial charge in [-0.15, -0.1) is 5.10 Å². The SMILES string of the molecule is C[C@@H]1CN(c2nc(-n3ccc(OCC4(C(F)(F)F)CC4)n3)ccc2C(=O)NS(=O)(=O)c2ccccc2F)C(C)(C)C1.S. The van der Waals surface area contributed by atoms with Crippen molar-refractivity contribution in [2.75, 3.05) is 18.1 Å². The predicted molar refractivity (Wildman–Crippen MR) is 151 cm³/mol. The number of benzene rings is 1. The van der Waals surface area contributed by atoms with E-state index in [9.17, 15) is 30.8 Å². The van der Waals surface area contributed by atoms with Crippen LogP contribution in [-0.2, 0) is 10.0 Å². The lowest BCUT2D eigenvalue weighted by atomic mass is 9.97. The van der Waals surface area contributed by atoms with Crippen molar-refractivity contribution in [1.82, 2.24) is 19.5 Å². The van der Waals surface area contributed by atoms with Gasteiger partial charge in [0.1, 0.15) is 28.6 Å². The Balaban J connectivity index is 0.00000405. The minimum atomic E-state index is -4.54. The van der Waals surface area contributed by atoms with Crippen LogP contribution in [0.2, 0.25) is 0 Å². The van der Waals surface area contributed by atoms with E-state index in [4.69, 9.17) is 4.74 Å². The second kappa shape index (κ2) is 11.1. The maximum atomic E-state index is 14.2. The lowest BCUT2D eigenvalue weighted by Gasteiger charge is -2.34. The number of anilines is 1. The van der Waals surface area contributed by atoms with Gasteiger partial charge >= 0.3 is 6.18 Å². The van der Waals surface area contributed by atoms with E-state index in [-0.39, 0.29) is 55.3 Å². The van der Waals surface area contributed by atoms with E-state index in [2.05, 4.69) is 10.1 Å². The van der Waals surface area contributed by atoms with E-state index in [0.29, 0.717) is 6.54 Å². The van der Waals surface area contributed by atoms with E-state index in [1.165, 1.54) is 41.2 Å². The first-order chi connectivity index (χ1) is 19.1. The first kappa shape index (κ1) is 31.6. The van der Waals surface area contributed by atoms with Gasteiger partial charge in [0.05, 0.1) is 5.56 Å². The molecular weight excluding hydrogens is 598 g/mol. The Bertz CT molecular complexity index is 1590. The lowest BCUT2D eigenvalue weighted by molar-refractivity contribution is -0.194. The van der Waals surface area contributed by atoms with Crippen LogP contribution in [0.15, 0.2) is 53.6 Å². The van der Waals surface area contributed by atoms with Crippen LogP contribution in [0.3, 0.4) is 0 Å². The summed E-state index contributed by atoms with van der Waals surface area (Å²) in [6.07, 6.45) is -2.12. The average molecular weight is 630 g/mol. The Hall–Kier alpha value is -3.33. The molecule has 3 heterocycles. The molecule has 0 radical (unpaired) electrons. The zero-order chi connectivity index (χ0) is 29.8. The molecule has 0 unspecified atom stereocenters. The Kier molecular flexibility index (Phi) is 8.32. The molecule has 1 aromatic carbocycles. The molecule has 1 saturated heterocycles. The second-order valence-corrected chi connectivity index (χ2v) is 13.0. The van der Waals surface area contributed by atoms with Crippen LogP contribution in [0.25, 0.3) is 5.82 Å². The molecule has 2 fully saturated rings. The molecule has 42 heavy (non-hydrogen) atoms. The fourth-order valence-corrected chi connectivity index (χ4v) is 6.23. The average Bonchev–Trinajstić information content (AvgIpc) is 3.45. The van der Waals surface area contributed by atoms with E-state index in [1.807, 2.05) is 30.4 Å². The summed E-state index contributed by atoms with van der Waals surface area (Å²) in [5.74, 6) is -1.36. The third-order valence-corrected chi connectivity index (χ3v) is 8.90. The van der Waals surface area contributed by atoms with E-state index in [0.717, 1.165) is 18.6 Å². The number of carbonyl (C=O) groups excluding carboxylic acids is 1. The summed E-state index contributed by atoms with van der Waals surface area (Å²) in [6.45, 7) is 5.96. The van der Waals surface area contributed by atoms with Crippen molar-refractivity contribution >= 4 is 35.2 Å². The van der Waals surface area contributed by atoms with Gasteiger partial charge in [-0.3, -0.25) is 4.79 Å². The summed E-state index contributed by atoms with van der Waals surface area (Å²) in [4.78, 5) is 19.2. The highest BCUT2D eigenvalue weighted by Crippen LogP contribution is 2.57. The smallest absolute Gasteiger partial charge is 0.397 e. The highest BCUT2D eigenvalue weighted by Gasteiger charge is 2.64. The molecule has 1 aliphatic heterocycles. The number of aromatic nitrogens is 3. The fourth-order valence-electron chi connectivity index (χ4n) is 5.19. The van der Waals surface area contributed by atoms with Crippen LogP contribution in [-0.4, -0.2) is 54.0 Å². The maximum absolute atomic E-state index is 14.2. The monoisotopic (exact) mass is 629 g/mol. The summed E-state index contributed by atoms with van der Waals surface area (Å²) in [5, 5.41) is 4.20. The molecule has 15 heteroatoms. The number of nitrogens with zero attached hydrogens (tertiary/aromatic N) is 4. The van der Waals surface area contributed by atoms with Gasteiger partial charge in [-0.2, -0.15) is 26.7 Å². The van der Waals surface area contributed by atoms with Crippen molar-refractivity contribution in [3.8, 4) is 11.7 Å². The van der Waals surface area contributed by atoms with Crippen molar-refractivity contribution in [1.29, 1.82) is 0 Å².